The zero-order valence-electron chi connectivity index (χ0n) is 14.9. The van der Waals surface area contributed by atoms with Gasteiger partial charge < -0.3 is 14.8 Å². The molecule has 1 aliphatic rings. The summed E-state index contributed by atoms with van der Waals surface area (Å²) in [5, 5.41) is 9.43. The minimum Gasteiger partial charge on any atom is -0.491 e. The SMILES string of the molecule is O=C(O)c1ccc(-c2c(C(=O)c3c(Cl)cccc3Cl)[nH]c3c2OCCC3)c(F)c1. The minimum absolute atomic E-state index is 0.0564. The molecule has 1 aromatic heterocycles. The number of aromatic carboxylic acids is 1. The number of halogens is 3. The van der Waals surface area contributed by atoms with Crippen LogP contribution in [0.2, 0.25) is 10.0 Å². The Hall–Kier alpha value is -2.83. The predicted molar refractivity (Wildman–Crippen MR) is 107 cm³/mol. The van der Waals surface area contributed by atoms with E-state index in [0.29, 0.717) is 24.5 Å². The van der Waals surface area contributed by atoms with Crippen molar-refractivity contribution in [2.24, 2.45) is 0 Å². The maximum absolute atomic E-state index is 14.9. The number of carbonyl (C=O) groups excluding carboxylic acids is 1. The lowest BCUT2D eigenvalue weighted by atomic mass is 9.97. The fourth-order valence-corrected chi connectivity index (χ4v) is 3.98. The molecule has 0 radical (unpaired) electrons. The zero-order valence-corrected chi connectivity index (χ0v) is 16.4. The van der Waals surface area contributed by atoms with Crippen LogP contribution in [-0.2, 0) is 6.42 Å². The van der Waals surface area contributed by atoms with Crippen LogP contribution in [0.3, 0.4) is 0 Å². The van der Waals surface area contributed by atoms with Crippen LogP contribution in [-0.4, -0.2) is 28.4 Å². The van der Waals surface area contributed by atoms with Crippen molar-refractivity contribution >= 4 is 35.0 Å². The Balaban J connectivity index is 1.94. The van der Waals surface area contributed by atoms with E-state index in [9.17, 15) is 14.0 Å². The number of aryl methyl sites for hydroxylation is 1. The number of rotatable bonds is 4. The van der Waals surface area contributed by atoms with Crippen molar-refractivity contribution in [3.8, 4) is 16.9 Å². The summed E-state index contributed by atoms with van der Waals surface area (Å²) in [5.74, 6) is -2.15. The number of carboxylic acids is 1. The van der Waals surface area contributed by atoms with Crippen molar-refractivity contribution in [2.45, 2.75) is 12.8 Å². The van der Waals surface area contributed by atoms with Crippen LogP contribution in [0.15, 0.2) is 36.4 Å². The highest BCUT2D eigenvalue weighted by Crippen LogP contribution is 2.42. The standard InChI is InChI=1S/C21H14Cl2FNO4/c22-12-3-1-4-13(23)17(12)19(26)18-16(20-15(25-18)5-2-8-29-20)11-7-6-10(21(27)28)9-14(11)24/h1,3-4,6-7,9,25H,2,5,8H2,(H,27,28). The van der Waals surface area contributed by atoms with Gasteiger partial charge in [-0.3, -0.25) is 4.79 Å². The summed E-state index contributed by atoms with van der Waals surface area (Å²) in [5.41, 5.74) is 0.946. The molecule has 0 saturated heterocycles. The van der Waals surface area contributed by atoms with Gasteiger partial charge in [0, 0.05) is 5.56 Å². The van der Waals surface area contributed by atoms with Gasteiger partial charge in [-0.1, -0.05) is 35.3 Å². The lowest BCUT2D eigenvalue weighted by Crippen LogP contribution is -2.08. The summed E-state index contributed by atoms with van der Waals surface area (Å²) in [6.07, 6.45) is 1.37. The average Bonchev–Trinajstić information content (AvgIpc) is 3.07. The van der Waals surface area contributed by atoms with E-state index >= 15 is 0 Å². The second-order valence-corrected chi connectivity index (χ2v) is 7.37. The minimum atomic E-state index is -1.25. The second kappa shape index (κ2) is 7.54. The molecule has 29 heavy (non-hydrogen) atoms. The van der Waals surface area contributed by atoms with Gasteiger partial charge in [0.25, 0.3) is 0 Å². The largest absolute Gasteiger partial charge is 0.491 e. The van der Waals surface area contributed by atoms with E-state index in [4.69, 9.17) is 33.0 Å². The van der Waals surface area contributed by atoms with Gasteiger partial charge in [-0.05, 0) is 37.1 Å². The van der Waals surface area contributed by atoms with Crippen LogP contribution < -0.4 is 4.74 Å². The number of nitrogens with one attached hydrogen (secondary N) is 1. The van der Waals surface area contributed by atoms with Crippen molar-refractivity contribution in [3.63, 3.8) is 0 Å². The monoisotopic (exact) mass is 433 g/mol. The van der Waals surface area contributed by atoms with E-state index in [1.165, 1.54) is 12.1 Å². The van der Waals surface area contributed by atoms with Crippen molar-refractivity contribution in [2.75, 3.05) is 6.61 Å². The molecule has 0 aliphatic carbocycles. The van der Waals surface area contributed by atoms with Crippen LogP contribution in [0.25, 0.3) is 11.1 Å². The van der Waals surface area contributed by atoms with E-state index in [1.807, 2.05) is 0 Å². The molecule has 5 nitrogen and oxygen atoms in total. The average molecular weight is 434 g/mol. The Morgan fingerprint density at radius 2 is 1.86 bits per heavy atom. The third-order valence-electron chi connectivity index (χ3n) is 4.75. The lowest BCUT2D eigenvalue weighted by Gasteiger charge is -2.15. The van der Waals surface area contributed by atoms with Crippen LogP contribution in [0.4, 0.5) is 4.39 Å². The van der Waals surface area contributed by atoms with Gasteiger partial charge in [0.1, 0.15) is 11.6 Å². The highest BCUT2D eigenvalue weighted by molar-refractivity contribution is 6.41. The quantitative estimate of drug-likeness (QED) is 0.541. The molecule has 148 valence electrons. The predicted octanol–water partition coefficient (Wildman–Crippen LogP) is 5.38. The number of fused-ring (bicyclic) bond motifs is 1. The highest BCUT2D eigenvalue weighted by Gasteiger charge is 2.30. The first-order chi connectivity index (χ1) is 13.9. The van der Waals surface area contributed by atoms with Gasteiger partial charge in [0.2, 0.25) is 5.78 Å². The number of H-pyrrole nitrogens is 1. The number of ether oxygens (including phenoxy) is 1. The Bertz CT molecular complexity index is 1140. The summed E-state index contributed by atoms with van der Waals surface area (Å²) >= 11 is 12.4. The molecule has 3 aromatic rings. The highest BCUT2D eigenvalue weighted by atomic mass is 35.5. The summed E-state index contributed by atoms with van der Waals surface area (Å²) in [6, 6.07) is 8.22. The Kier molecular flexibility index (Phi) is 5.06. The number of carboxylic acid groups (broad SMARTS) is 1. The smallest absolute Gasteiger partial charge is 0.335 e. The van der Waals surface area contributed by atoms with Crippen LogP contribution >= 0.6 is 23.2 Å². The first-order valence-corrected chi connectivity index (χ1v) is 9.53. The van der Waals surface area contributed by atoms with Gasteiger partial charge in [-0.2, -0.15) is 0 Å². The van der Waals surface area contributed by atoms with Gasteiger partial charge in [0.05, 0.1) is 44.7 Å². The zero-order chi connectivity index (χ0) is 20.7. The van der Waals surface area contributed by atoms with Crippen LogP contribution in [0.1, 0.15) is 38.5 Å². The van der Waals surface area contributed by atoms with E-state index in [0.717, 1.165) is 12.5 Å². The number of benzene rings is 2. The van der Waals surface area contributed by atoms with Gasteiger partial charge in [-0.25, -0.2) is 9.18 Å². The Morgan fingerprint density at radius 3 is 2.52 bits per heavy atom. The third kappa shape index (κ3) is 3.39. The molecule has 8 heteroatoms. The fraction of sp³-hybridized carbons (Fsp3) is 0.143. The molecule has 0 spiro atoms. The molecule has 0 unspecified atom stereocenters. The van der Waals surface area contributed by atoms with Crippen molar-refractivity contribution in [1.29, 1.82) is 0 Å². The number of aromatic amines is 1. The molecule has 2 aromatic carbocycles. The molecule has 0 fully saturated rings. The third-order valence-corrected chi connectivity index (χ3v) is 5.38. The maximum atomic E-state index is 14.9. The molecule has 1 aliphatic heterocycles. The lowest BCUT2D eigenvalue weighted by molar-refractivity contribution is 0.0696. The van der Waals surface area contributed by atoms with E-state index in [2.05, 4.69) is 4.98 Å². The first kappa shape index (κ1) is 19.5. The molecule has 2 N–H and O–H groups in total. The summed E-state index contributed by atoms with van der Waals surface area (Å²) in [7, 11) is 0. The molecular weight excluding hydrogens is 420 g/mol. The van der Waals surface area contributed by atoms with E-state index in [-0.39, 0.29) is 38.0 Å². The molecule has 0 bridgehead atoms. The number of hydrogen-bond acceptors (Lipinski definition) is 3. The molecule has 0 saturated carbocycles. The van der Waals surface area contributed by atoms with E-state index in [1.54, 1.807) is 18.2 Å². The Labute approximate surface area is 175 Å². The van der Waals surface area contributed by atoms with Crippen molar-refractivity contribution in [1.82, 2.24) is 4.98 Å². The molecule has 2 heterocycles. The summed E-state index contributed by atoms with van der Waals surface area (Å²) in [6.45, 7) is 0.424. The topological polar surface area (TPSA) is 79.4 Å². The number of hydrogen-bond donors (Lipinski definition) is 2. The number of carbonyl (C=O) groups is 2. The maximum Gasteiger partial charge on any atom is 0.335 e. The first-order valence-electron chi connectivity index (χ1n) is 8.78. The van der Waals surface area contributed by atoms with Gasteiger partial charge >= 0.3 is 5.97 Å². The van der Waals surface area contributed by atoms with Crippen LogP contribution in [0, 0.1) is 5.82 Å². The van der Waals surface area contributed by atoms with Crippen molar-refractivity contribution < 1.29 is 23.8 Å². The van der Waals surface area contributed by atoms with Crippen LogP contribution in [0.5, 0.6) is 5.75 Å². The van der Waals surface area contributed by atoms with Crippen molar-refractivity contribution in [3.05, 3.63) is 74.8 Å². The second-order valence-electron chi connectivity index (χ2n) is 6.56. The summed E-state index contributed by atoms with van der Waals surface area (Å²) < 4.78 is 20.6. The fourth-order valence-electron chi connectivity index (χ4n) is 3.41. The Morgan fingerprint density at radius 1 is 1.14 bits per heavy atom. The number of ketones is 1. The van der Waals surface area contributed by atoms with E-state index < -0.39 is 17.6 Å². The normalized spacial score (nSPS) is 12.9. The van der Waals surface area contributed by atoms with Gasteiger partial charge in [0.15, 0.2) is 0 Å². The summed E-state index contributed by atoms with van der Waals surface area (Å²) in [4.78, 5) is 27.5. The molecular formula is C21H14Cl2FNO4. The molecule has 4 rings (SSSR count). The van der Waals surface area contributed by atoms with Gasteiger partial charge in [-0.15, -0.1) is 0 Å². The number of aromatic nitrogens is 1. The molecule has 0 amide bonds. The molecule has 0 atom stereocenters.